The van der Waals surface area contributed by atoms with Gasteiger partial charge >= 0.3 is 23.9 Å². The topological polar surface area (TPSA) is 351 Å². The standard InChI is InChI=1S/C47H65N7O16/c1-24(22-25(2)35(69-7)23-30-12-10-9-11-13-30)14-15-31-26(3)40(59)53-34(46(65)66)16-19-36(55)48-28(5)42(61)49-29(6)43(62)52-32(17-20-37(56)57)45(64)54-39(47(67)68)27(4)41(60)51-33(44(63)50-31)18-21-38(58)70-8/h9-15,22,25-27,29,31-35,39H,5,16-21,23H2,1-4,6-8H3,(H,48,55)(H,49,61)(H,50,63)(H,51,60)(H,52,62)(H,53,59)(H,54,64)(H,56,57)(H,65,66)(H,67,68)/b15-14+,24-22+/t25-,26-,27-,29+,31-,32-,33-,34+,35-,39+/m0/s1. The number of carboxylic acids is 3. The van der Waals surface area contributed by atoms with E-state index in [0.29, 0.717) is 12.0 Å². The lowest BCUT2D eigenvalue weighted by atomic mass is 9.94. The molecular formula is C47H65N7O16. The van der Waals surface area contributed by atoms with E-state index in [-0.39, 0.29) is 12.0 Å². The van der Waals surface area contributed by atoms with Gasteiger partial charge in [0.25, 0.3) is 5.91 Å². The first-order valence-electron chi connectivity index (χ1n) is 22.4. The van der Waals surface area contributed by atoms with Crippen molar-refractivity contribution >= 4 is 65.2 Å². The molecule has 0 aliphatic carbocycles. The molecule has 2 rings (SSSR count). The number of amides is 7. The Morgan fingerprint density at radius 1 is 0.757 bits per heavy atom. The first-order valence-corrected chi connectivity index (χ1v) is 22.4. The van der Waals surface area contributed by atoms with Crippen molar-refractivity contribution in [2.24, 2.45) is 17.8 Å². The Balaban J connectivity index is 2.70. The average molecular weight is 984 g/mol. The summed E-state index contributed by atoms with van der Waals surface area (Å²) >= 11 is 0. The highest BCUT2D eigenvalue weighted by atomic mass is 16.5. The predicted octanol–water partition coefficient (Wildman–Crippen LogP) is -0.00550. The van der Waals surface area contributed by atoms with Gasteiger partial charge < -0.3 is 62.0 Å². The number of rotatable bonds is 15. The monoisotopic (exact) mass is 983 g/mol. The lowest BCUT2D eigenvalue weighted by molar-refractivity contribution is -0.147. The van der Waals surface area contributed by atoms with Crippen LogP contribution in [0.15, 0.2) is 66.4 Å². The molecule has 1 aromatic carbocycles. The van der Waals surface area contributed by atoms with Crippen molar-refractivity contribution in [1.82, 2.24) is 37.2 Å². The molecule has 1 aromatic rings. The molecule has 10 atom stereocenters. The maximum atomic E-state index is 14.2. The van der Waals surface area contributed by atoms with Gasteiger partial charge in [-0.1, -0.05) is 81.5 Å². The van der Waals surface area contributed by atoms with Crippen LogP contribution in [0.4, 0.5) is 0 Å². The van der Waals surface area contributed by atoms with Gasteiger partial charge in [-0.15, -0.1) is 0 Å². The van der Waals surface area contributed by atoms with E-state index in [2.05, 4.69) is 43.8 Å². The van der Waals surface area contributed by atoms with Gasteiger partial charge in [-0.2, -0.15) is 0 Å². The molecule has 0 unspecified atom stereocenters. The second-order valence-corrected chi connectivity index (χ2v) is 16.9. The van der Waals surface area contributed by atoms with Gasteiger partial charge in [0.2, 0.25) is 35.4 Å². The number of allylic oxidation sites excluding steroid dienone is 2. The van der Waals surface area contributed by atoms with Gasteiger partial charge in [0.1, 0.15) is 30.2 Å². The first-order chi connectivity index (χ1) is 32.9. The molecule has 1 heterocycles. The second-order valence-electron chi connectivity index (χ2n) is 16.9. The van der Waals surface area contributed by atoms with Crippen LogP contribution in [-0.4, -0.2) is 137 Å². The number of hydrogen-bond acceptors (Lipinski definition) is 13. The quantitative estimate of drug-likeness (QED) is 0.0628. The molecule has 7 amide bonds. The van der Waals surface area contributed by atoms with Crippen molar-refractivity contribution in [2.45, 2.75) is 122 Å². The minimum atomic E-state index is -2.07. The Bertz CT molecular complexity index is 2160. The fourth-order valence-electron chi connectivity index (χ4n) is 6.98. The molecule has 70 heavy (non-hydrogen) atoms. The smallest absolute Gasteiger partial charge is 0.327 e. The minimum Gasteiger partial charge on any atom is -0.481 e. The number of benzene rings is 1. The molecule has 0 radical (unpaired) electrons. The van der Waals surface area contributed by atoms with Gasteiger partial charge in [-0.3, -0.25) is 43.2 Å². The van der Waals surface area contributed by atoms with Crippen LogP contribution in [0.3, 0.4) is 0 Å². The van der Waals surface area contributed by atoms with E-state index in [1.165, 1.54) is 13.0 Å². The van der Waals surface area contributed by atoms with E-state index in [4.69, 9.17) is 9.47 Å². The van der Waals surface area contributed by atoms with Crippen molar-refractivity contribution in [2.75, 3.05) is 14.2 Å². The normalized spacial score (nSPS) is 25.2. The first kappa shape index (κ1) is 58.7. The summed E-state index contributed by atoms with van der Waals surface area (Å²) in [5.41, 5.74) is 1.11. The van der Waals surface area contributed by atoms with E-state index in [9.17, 15) is 68.1 Å². The third-order valence-corrected chi connectivity index (χ3v) is 11.4. The Morgan fingerprint density at radius 2 is 1.34 bits per heavy atom. The average Bonchev–Trinajstić information content (AvgIpc) is 3.31. The summed E-state index contributed by atoms with van der Waals surface area (Å²) in [5, 5.41) is 45.7. The van der Waals surface area contributed by atoms with Crippen molar-refractivity contribution in [3.63, 3.8) is 0 Å². The van der Waals surface area contributed by atoms with Crippen molar-refractivity contribution < 1.29 is 77.5 Å². The van der Waals surface area contributed by atoms with Gasteiger partial charge in [0.05, 0.1) is 36.8 Å². The number of carbonyl (C=O) groups excluding carboxylic acids is 8. The number of nitrogens with one attached hydrogen (secondary N) is 7. The molecule has 10 N–H and O–H groups in total. The third-order valence-electron chi connectivity index (χ3n) is 11.4. The molecule has 23 nitrogen and oxygen atoms in total. The van der Waals surface area contributed by atoms with Crippen molar-refractivity contribution in [3.05, 3.63) is 72.0 Å². The zero-order valence-electron chi connectivity index (χ0n) is 40.2. The van der Waals surface area contributed by atoms with Crippen LogP contribution in [0.1, 0.15) is 78.7 Å². The summed E-state index contributed by atoms with van der Waals surface area (Å²) in [5.74, 6) is -16.0. The number of ether oxygens (including phenoxy) is 2. The Labute approximate surface area is 405 Å². The van der Waals surface area contributed by atoms with Crippen LogP contribution < -0.4 is 37.2 Å². The van der Waals surface area contributed by atoms with Crippen molar-refractivity contribution in [1.29, 1.82) is 0 Å². The van der Waals surface area contributed by atoms with E-state index >= 15 is 0 Å². The Kier molecular flexibility index (Phi) is 24.1. The summed E-state index contributed by atoms with van der Waals surface area (Å²) in [4.78, 5) is 143. The van der Waals surface area contributed by atoms with Crippen LogP contribution in [-0.2, 0) is 68.6 Å². The molecule has 0 spiro atoms. The second kappa shape index (κ2) is 28.8. The lowest BCUT2D eigenvalue weighted by Gasteiger charge is -2.28. The molecule has 0 aromatic heterocycles. The molecule has 384 valence electrons. The number of methoxy groups -OCH3 is 2. The van der Waals surface area contributed by atoms with Crippen LogP contribution in [0.2, 0.25) is 0 Å². The number of carboxylic acid groups (broad SMARTS) is 3. The number of hydrogen-bond donors (Lipinski definition) is 10. The zero-order valence-corrected chi connectivity index (χ0v) is 40.2. The van der Waals surface area contributed by atoms with E-state index in [0.717, 1.165) is 26.5 Å². The maximum absolute atomic E-state index is 14.2. The molecule has 1 fully saturated rings. The van der Waals surface area contributed by atoms with E-state index in [1.807, 2.05) is 43.3 Å². The van der Waals surface area contributed by atoms with Crippen molar-refractivity contribution in [3.8, 4) is 0 Å². The summed E-state index contributed by atoms with van der Waals surface area (Å²) in [6.45, 7) is 10.8. The number of aliphatic carboxylic acids is 3. The van der Waals surface area contributed by atoms with Crippen LogP contribution in [0.25, 0.3) is 0 Å². The molecule has 23 heteroatoms. The van der Waals surface area contributed by atoms with Crippen LogP contribution in [0, 0.1) is 17.8 Å². The summed E-state index contributed by atoms with van der Waals surface area (Å²) in [6, 6.07) is -0.226. The fourth-order valence-corrected chi connectivity index (χ4v) is 6.98. The van der Waals surface area contributed by atoms with Gasteiger partial charge in [0, 0.05) is 32.3 Å². The van der Waals surface area contributed by atoms with Gasteiger partial charge in [-0.05, 0) is 45.1 Å². The van der Waals surface area contributed by atoms with E-state index < -0.39 is 158 Å². The molecule has 1 saturated heterocycles. The summed E-state index contributed by atoms with van der Waals surface area (Å²) in [7, 11) is 2.66. The zero-order chi connectivity index (χ0) is 52.8. The minimum absolute atomic E-state index is 0.159. The van der Waals surface area contributed by atoms with Crippen LogP contribution >= 0.6 is 0 Å². The Morgan fingerprint density at radius 3 is 1.91 bits per heavy atom. The predicted molar refractivity (Wildman–Crippen MR) is 248 cm³/mol. The molecule has 1 aliphatic heterocycles. The largest absolute Gasteiger partial charge is 0.481 e. The highest BCUT2D eigenvalue weighted by molar-refractivity contribution is 6.00. The fraction of sp³-hybridized carbons (Fsp3) is 0.511. The highest BCUT2D eigenvalue weighted by Crippen LogP contribution is 2.18. The SMILES string of the molecule is C=C1NC(=O)CC[C@H](C(=O)O)NC(=O)[C@@H](C)[C@H](/C=C/C(C)=C/[C@H](C)[C@H](Cc2ccccc2)OC)NC(=O)[C@H](CCC(=O)OC)NC(=O)[C@@H](C)[C@H](C(=O)O)NC(=O)[C@H](CCC(=O)O)NC(=O)[C@@H](C)NC1=O. The molecule has 0 bridgehead atoms. The summed E-state index contributed by atoms with van der Waals surface area (Å²) < 4.78 is 10.5. The molecular weight excluding hydrogens is 919 g/mol. The van der Waals surface area contributed by atoms with Gasteiger partial charge in [0.15, 0.2) is 0 Å². The van der Waals surface area contributed by atoms with E-state index in [1.54, 1.807) is 20.1 Å². The number of esters is 1. The molecule has 1 aliphatic rings. The summed E-state index contributed by atoms with van der Waals surface area (Å²) in [6.07, 6.45) is 2.03. The third kappa shape index (κ3) is 19.7. The highest BCUT2D eigenvalue weighted by Gasteiger charge is 2.37. The Hall–Kier alpha value is -7.43. The molecule has 0 saturated carbocycles. The van der Waals surface area contributed by atoms with Gasteiger partial charge in [-0.25, -0.2) is 9.59 Å². The number of carbonyl (C=O) groups is 11. The maximum Gasteiger partial charge on any atom is 0.327 e. The lowest BCUT2D eigenvalue weighted by Crippen LogP contribution is -2.59. The van der Waals surface area contributed by atoms with Crippen LogP contribution in [0.5, 0.6) is 0 Å².